The Bertz CT molecular complexity index is 125. The van der Waals surface area contributed by atoms with Crippen molar-refractivity contribution in [2.24, 2.45) is 5.73 Å². The summed E-state index contributed by atoms with van der Waals surface area (Å²) < 4.78 is 5.65. The molecule has 2 aliphatic rings. The monoisotopic (exact) mass is 142 g/mol. The van der Waals surface area contributed by atoms with Crippen molar-refractivity contribution in [2.75, 3.05) is 13.1 Å². The van der Waals surface area contributed by atoms with Gasteiger partial charge >= 0.3 is 0 Å². The molecule has 0 aromatic heterocycles. The zero-order valence-corrected chi connectivity index (χ0v) is 6.05. The summed E-state index contributed by atoms with van der Waals surface area (Å²) in [7, 11) is 0. The highest BCUT2D eigenvalue weighted by atomic mass is 16.5. The molecular formula is C7H14N2O. The maximum absolute atomic E-state index is 5.77. The molecule has 0 bridgehead atoms. The maximum atomic E-state index is 5.77. The molecule has 0 aromatic carbocycles. The summed E-state index contributed by atoms with van der Waals surface area (Å²) in [4.78, 5) is 0. The van der Waals surface area contributed by atoms with Crippen LogP contribution in [0.15, 0.2) is 0 Å². The summed E-state index contributed by atoms with van der Waals surface area (Å²) in [5, 5.41) is 3.21. The number of ether oxygens (including phenoxy) is 1. The van der Waals surface area contributed by atoms with Crippen LogP contribution in [0.4, 0.5) is 0 Å². The van der Waals surface area contributed by atoms with Crippen LogP contribution in [0.25, 0.3) is 0 Å². The molecule has 3 N–H and O–H groups in total. The van der Waals surface area contributed by atoms with Gasteiger partial charge in [0.25, 0.3) is 0 Å². The Morgan fingerprint density at radius 2 is 2.10 bits per heavy atom. The first-order chi connectivity index (χ1) is 4.86. The lowest BCUT2D eigenvalue weighted by Gasteiger charge is -2.13. The van der Waals surface area contributed by atoms with E-state index in [1.807, 2.05) is 0 Å². The van der Waals surface area contributed by atoms with Gasteiger partial charge in [0.1, 0.15) is 0 Å². The average Bonchev–Trinajstić information content (AvgIpc) is 2.62. The molecule has 3 heteroatoms. The molecule has 2 atom stereocenters. The minimum Gasteiger partial charge on any atom is -0.372 e. The van der Waals surface area contributed by atoms with Gasteiger partial charge in [0.2, 0.25) is 0 Å². The number of rotatable bonds is 2. The van der Waals surface area contributed by atoms with E-state index in [1.165, 1.54) is 12.8 Å². The molecule has 1 aliphatic carbocycles. The van der Waals surface area contributed by atoms with Gasteiger partial charge in [-0.2, -0.15) is 0 Å². The van der Waals surface area contributed by atoms with Gasteiger partial charge in [-0.3, -0.25) is 0 Å². The number of nitrogens with two attached hydrogens (primary N) is 1. The van der Waals surface area contributed by atoms with Crippen molar-refractivity contribution in [1.29, 1.82) is 0 Å². The number of hydrogen-bond donors (Lipinski definition) is 2. The van der Waals surface area contributed by atoms with Gasteiger partial charge < -0.3 is 15.8 Å². The van der Waals surface area contributed by atoms with Gasteiger partial charge in [-0.1, -0.05) is 0 Å². The second-order valence-corrected chi connectivity index (χ2v) is 3.20. The third-order valence-corrected chi connectivity index (χ3v) is 2.09. The van der Waals surface area contributed by atoms with E-state index in [0.29, 0.717) is 6.10 Å². The van der Waals surface area contributed by atoms with Crippen LogP contribution in [0.5, 0.6) is 0 Å². The van der Waals surface area contributed by atoms with Crippen LogP contribution >= 0.6 is 0 Å². The first kappa shape index (κ1) is 6.58. The maximum Gasteiger partial charge on any atom is 0.0866 e. The first-order valence-electron chi connectivity index (χ1n) is 3.98. The van der Waals surface area contributed by atoms with E-state index in [9.17, 15) is 0 Å². The molecule has 1 aliphatic heterocycles. The number of nitrogens with one attached hydrogen (secondary N) is 1. The predicted molar refractivity (Wildman–Crippen MR) is 38.7 cm³/mol. The number of hydrogen-bond acceptors (Lipinski definition) is 3. The SMILES string of the molecule is NC1CNCC1OC1CC1. The second-order valence-electron chi connectivity index (χ2n) is 3.20. The van der Waals surface area contributed by atoms with Crippen molar-refractivity contribution >= 4 is 0 Å². The van der Waals surface area contributed by atoms with Crippen LogP contribution in [0.1, 0.15) is 12.8 Å². The standard InChI is InChI=1S/C7H14N2O/c8-6-3-9-4-7(6)10-5-1-2-5/h5-7,9H,1-4,8H2. The molecule has 1 saturated heterocycles. The van der Waals surface area contributed by atoms with Crippen LogP contribution in [0.2, 0.25) is 0 Å². The van der Waals surface area contributed by atoms with Crippen molar-refractivity contribution < 1.29 is 4.74 Å². The van der Waals surface area contributed by atoms with Crippen LogP contribution in [-0.4, -0.2) is 31.3 Å². The third-order valence-electron chi connectivity index (χ3n) is 2.09. The fourth-order valence-electron chi connectivity index (χ4n) is 1.28. The molecule has 2 unspecified atom stereocenters. The third kappa shape index (κ3) is 1.31. The van der Waals surface area contributed by atoms with Gasteiger partial charge in [-0.15, -0.1) is 0 Å². The van der Waals surface area contributed by atoms with E-state index < -0.39 is 0 Å². The van der Waals surface area contributed by atoms with Crippen LogP contribution in [0, 0.1) is 0 Å². The van der Waals surface area contributed by atoms with Crippen molar-refractivity contribution in [2.45, 2.75) is 31.1 Å². The lowest BCUT2D eigenvalue weighted by atomic mass is 10.2. The summed E-state index contributed by atoms with van der Waals surface area (Å²) in [5.41, 5.74) is 5.77. The Morgan fingerprint density at radius 3 is 2.60 bits per heavy atom. The average molecular weight is 142 g/mol. The molecule has 0 radical (unpaired) electrons. The summed E-state index contributed by atoms with van der Waals surface area (Å²) >= 11 is 0. The molecular weight excluding hydrogens is 128 g/mol. The quantitative estimate of drug-likeness (QED) is 0.544. The zero-order chi connectivity index (χ0) is 6.97. The smallest absolute Gasteiger partial charge is 0.0866 e. The summed E-state index contributed by atoms with van der Waals surface area (Å²) in [6.45, 7) is 1.86. The molecule has 0 spiro atoms. The Balaban J connectivity index is 1.79. The summed E-state index contributed by atoms with van der Waals surface area (Å²) in [6.07, 6.45) is 3.30. The Labute approximate surface area is 60.9 Å². The van der Waals surface area contributed by atoms with Crippen LogP contribution in [0.3, 0.4) is 0 Å². The molecule has 3 nitrogen and oxygen atoms in total. The Hall–Kier alpha value is -0.120. The molecule has 10 heavy (non-hydrogen) atoms. The normalized spacial score (nSPS) is 40.5. The van der Waals surface area contributed by atoms with E-state index in [2.05, 4.69) is 5.32 Å². The largest absolute Gasteiger partial charge is 0.372 e. The van der Waals surface area contributed by atoms with E-state index in [4.69, 9.17) is 10.5 Å². The van der Waals surface area contributed by atoms with Crippen molar-refractivity contribution in [3.05, 3.63) is 0 Å². The van der Waals surface area contributed by atoms with Crippen molar-refractivity contribution in [3.63, 3.8) is 0 Å². The minimum atomic E-state index is 0.223. The summed E-state index contributed by atoms with van der Waals surface area (Å²) in [5.74, 6) is 0. The molecule has 1 saturated carbocycles. The van der Waals surface area contributed by atoms with Crippen molar-refractivity contribution in [3.8, 4) is 0 Å². The fraction of sp³-hybridized carbons (Fsp3) is 1.00. The first-order valence-corrected chi connectivity index (χ1v) is 3.98. The van der Waals surface area contributed by atoms with Gasteiger partial charge in [0.15, 0.2) is 0 Å². The van der Waals surface area contributed by atoms with Crippen LogP contribution < -0.4 is 11.1 Å². The molecule has 2 rings (SSSR count). The van der Waals surface area contributed by atoms with Crippen LogP contribution in [-0.2, 0) is 4.74 Å². The molecule has 2 fully saturated rings. The van der Waals surface area contributed by atoms with E-state index in [-0.39, 0.29) is 12.1 Å². The topological polar surface area (TPSA) is 47.3 Å². The van der Waals surface area contributed by atoms with E-state index >= 15 is 0 Å². The Morgan fingerprint density at radius 1 is 1.30 bits per heavy atom. The molecule has 1 heterocycles. The molecule has 0 amide bonds. The van der Waals surface area contributed by atoms with Gasteiger partial charge in [-0.25, -0.2) is 0 Å². The minimum absolute atomic E-state index is 0.223. The lowest BCUT2D eigenvalue weighted by molar-refractivity contribution is 0.0441. The summed E-state index contributed by atoms with van der Waals surface area (Å²) in [6, 6.07) is 0.223. The molecule has 58 valence electrons. The van der Waals surface area contributed by atoms with E-state index in [0.717, 1.165) is 13.1 Å². The fourth-order valence-corrected chi connectivity index (χ4v) is 1.28. The van der Waals surface area contributed by atoms with E-state index in [1.54, 1.807) is 0 Å². The van der Waals surface area contributed by atoms with Gasteiger partial charge in [-0.05, 0) is 12.8 Å². The predicted octanol–water partition coefficient (Wildman–Crippen LogP) is -0.536. The van der Waals surface area contributed by atoms with Gasteiger partial charge in [0.05, 0.1) is 12.2 Å². The molecule has 0 aromatic rings. The van der Waals surface area contributed by atoms with Crippen molar-refractivity contribution in [1.82, 2.24) is 5.32 Å². The zero-order valence-electron chi connectivity index (χ0n) is 6.05. The highest BCUT2D eigenvalue weighted by Crippen LogP contribution is 2.26. The lowest BCUT2D eigenvalue weighted by Crippen LogP contribution is -2.35. The highest BCUT2D eigenvalue weighted by molar-refractivity contribution is 4.87. The highest BCUT2D eigenvalue weighted by Gasteiger charge is 2.31. The van der Waals surface area contributed by atoms with Gasteiger partial charge in [0, 0.05) is 19.1 Å². The second kappa shape index (κ2) is 2.49. The Kier molecular flexibility index (Phi) is 1.64.